The molecule has 0 aliphatic carbocycles. The molecule has 0 amide bonds. The SMILES string of the molecule is S=P(N1CC1)(N1CC1)N1CC1.[Cl-].[Cl-].[NH2-].[NH2-].[Pt+4]. The monoisotopic (exact) mass is 486 g/mol. The van der Waals surface area contributed by atoms with E-state index in [0.717, 1.165) is 0 Å². The van der Waals surface area contributed by atoms with Crippen LogP contribution in [0.1, 0.15) is 0 Å². The Labute approximate surface area is 129 Å². The second-order valence-corrected chi connectivity index (χ2v) is 7.57. The first-order chi connectivity index (χ1) is 5.32. The Bertz CT molecular complexity index is 211. The number of nitrogens with zero attached hydrogens (tertiary/aromatic N) is 3. The van der Waals surface area contributed by atoms with E-state index in [0.29, 0.717) is 0 Å². The molecule has 3 rings (SSSR count). The molecule has 3 fully saturated rings. The molecule has 0 unspecified atom stereocenters. The van der Waals surface area contributed by atoms with E-state index >= 15 is 0 Å². The fourth-order valence-corrected chi connectivity index (χ4v) is 5.83. The maximum absolute atomic E-state index is 5.75. The summed E-state index contributed by atoms with van der Waals surface area (Å²) in [5, 5.41) is 0. The Balaban J connectivity index is -0.000000338. The summed E-state index contributed by atoms with van der Waals surface area (Å²) in [5.41, 5.74) is 0. The first-order valence-electron chi connectivity index (χ1n) is 4.18. The van der Waals surface area contributed by atoms with Gasteiger partial charge in [-0.05, 0) is 11.8 Å². The van der Waals surface area contributed by atoms with Crippen molar-refractivity contribution < 1.29 is 45.9 Å². The molecule has 0 aromatic heterocycles. The Hall–Kier alpha value is 1.72. The maximum Gasteiger partial charge on any atom is 4.00 e. The Morgan fingerprint density at radius 2 is 0.875 bits per heavy atom. The Morgan fingerprint density at radius 3 is 1.00 bits per heavy atom. The van der Waals surface area contributed by atoms with Crippen LogP contribution in [0, 0.1) is 0 Å². The van der Waals surface area contributed by atoms with E-state index in [1.807, 2.05) is 0 Å². The van der Waals surface area contributed by atoms with E-state index in [2.05, 4.69) is 14.0 Å². The van der Waals surface area contributed by atoms with Crippen LogP contribution in [0.3, 0.4) is 0 Å². The summed E-state index contributed by atoms with van der Waals surface area (Å²) < 4.78 is 7.47. The van der Waals surface area contributed by atoms with E-state index in [9.17, 15) is 0 Å². The molecule has 3 aliphatic rings. The number of rotatable bonds is 3. The second kappa shape index (κ2) is 8.00. The summed E-state index contributed by atoms with van der Waals surface area (Å²) in [6.07, 6.45) is 0. The summed E-state index contributed by atoms with van der Waals surface area (Å²) >= 11 is 5.75. The third-order valence-corrected chi connectivity index (χ3v) is 7.87. The van der Waals surface area contributed by atoms with Gasteiger partial charge in [0.05, 0.1) is 0 Å². The molecule has 0 atom stereocenters. The van der Waals surface area contributed by atoms with Crippen LogP contribution < -0.4 is 24.8 Å². The van der Waals surface area contributed by atoms with Crippen LogP contribution in [0.25, 0.3) is 12.3 Å². The number of nitrogens with two attached hydrogens (primary N) is 2. The zero-order valence-electron chi connectivity index (χ0n) is 8.67. The normalized spacial score (nSPS) is 22.2. The molecule has 3 heterocycles. The quantitative estimate of drug-likeness (QED) is 0.298. The molecule has 0 saturated carbocycles. The van der Waals surface area contributed by atoms with Gasteiger partial charge in [-0.1, -0.05) is 0 Å². The van der Waals surface area contributed by atoms with Crippen molar-refractivity contribution in [3.63, 3.8) is 0 Å². The molecule has 16 heavy (non-hydrogen) atoms. The topological polar surface area (TPSA) is 76.0 Å². The number of hydrogen-bond acceptors (Lipinski definition) is 1. The average Bonchev–Trinajstić information content (AvgIpc) is 2.81. The molecule has 0 spiro atoms. The van der Waals surface area contributed by atoms with Crippen LogP contribution >= 0.6 is 6.49 Å². The van der Waals surface area contributed by atoms with E-state index in [1.165, 1.54) is 39.3 Å². The molecular weight excluding hydrogens is 471 g/mol. The standard InChI is InChI=1S/C6H12N3PS.2ClH.2H2N.Pt/c11-10(7-1-2-7,8-3-4-8)9-5-6-9;;;;;/h1-6H2;2*1H;2*1H2;/q;;;2*-1;+4/p-2. The van der Waals surface area contributed by atoms with Crippen molar-refractivity contribution in [2.24, 2.45) is 0 Å². The molecule has 4 N–H and O–H groups in total. The summed E-state index contributed by atoms with van der Waals surface area (Å²) in [5.74, 6) is 0. The third kappa shape index (κ3) is 4.13. The predicted molar refractivity (Wildman–Crippen MR) is 59.6 cm³/mol. The summed E-state index contributed by atoms with van der Waals surface area (Å²) in [4.78, 5) is 0. The second-order valence-electron chi connectivity index (χ2n) is 3.37. The molecule has 3 aliphatic heterocycles. The predicted octanol–water partition coefficient (Wildman–Crippen LogP) is -4.40. The summed E-state index contributed by atoms with van der Waals surface area (Å²) in [6, 6.07) is 0. The molecule has 0 aromatic rings. The van der Waals surface area contributed by atoms with Gasteiger partial charge in [-0.2, -0.15) is 0 Å². The molecule has 0 bridgehead atoms. The minimum atomic E-state index is -1.27. The fraction of sp³-hybridized carbons (Fsp3) is 1.00. The van der Waals surface area contributed by atoms with E-state index in [-0.39, 0.29) is 58.2 Å². The van der Waals surface area contributed by atoms with Crippen LogP contribution in [0.15, 0.2) is 0 Å². The van der Waals surface area contributed by atoms with Crippen molar-refractivity contribution in [1.82, 2.24) is 14.0 Å². The van der Waals surface area contributed by atoms with Gasteiger partial charge in [0, 0.05) is 39.3 Å². The molecule has 5 nitrogen and oxygen atoms in total. The van der Waals surface area contributed by atoms with Crippen LogP contribution in [-0.4, -0.2) is 53.3 Å². The molecular formula is C6H16Cl2N5PPtS. The Morgan fingerprint density at radius 1 is 0.688 bits per heavy atom. The van der Waals surface area contributed by atoms with Gasteiger partial charge in [0.25, 0.3) is 0 Å². The number of hydrogen-bond donors (Lipinski definition) is 0. The summed E-state index contributed by atoms with van der Waals surface area (Å²) in [6.45, 7) is 6.26. The van der Waals surface area contributed by atoms with E-state index in [4.69, 9.17) is 11.8 Å². The van der Waals surface area contributed by atoms with Gasteiger partial charge in [0.15, 0.2) is 0 Å². The maximum atomic E-state index is 5.75. The van der Waals surface area contributed by atoms with Crippen molar-refractivity contribution in [3.8, 4) is 0 Å². The first-order valence-corrected chi connectivity index (χ1v) is 6.84. The van der Waals surface area contributed by atoms with Crippen LogP contribution in [0.2, 0.25) is 0 Å². The largest absolute Gasteiger partial charge is 4.00 e. The van der Waals surface area contributed by atoms with Crippen LogP contribution in [0.5, 0.6) is 0 Å². The van der Waals surface area contributed by atoms with E-state index < -0.39 is 6.49 Å². The minimum Gasteiger partial charge on any atom is -1.00 e. The van der Waals surface area contributed by atoms with Gasteiger partial charge in [-0.3, -0.25) is 0 Å². The van der Waals surface area contributed by atoms with Crippen LogP contribution in [0.4, 0.5) is 0 Å². The zero-order chi connectivity index (χ0) is 7.47. The molecule has 0 radical (unpaired) electrons. The average molecular weight is 487 g/mol. The summed E-state index contributed by atoms with van der Waals surface area (Å²) in [7, 11) is 0. The van der Waals surface area contributed by atoms with Crippen molar-refractivity contribution in [2.75, 3.05) is 39.3 Å². The smallest absolute Gasteiger partial charge is 1.00 e. The molecule has 10 heteroatoms. The molecule has 0 aromatic carbocycles. The van der Waals surface area contributed by atoms with E-state index in [1.54, 1.807) is 0 Å². The van der Waals surface area contributed by atoms with Gasteiger partial charge in [0.1, 0.15) is 6.49 Å². The zero-order valence-corrected chi connectivity index (χ0v) is 14.2. The van der Waals surface area contributed by atoms with Crippen molar-refractivity contribution in [3.05, 3.63) is 12.3 Å². The minimum absolute atomic E-state index is 0. The number of halogens is 2. The molecule has 100 valence electrons. The van der Waals surface area contributed by atoms with Crippen LogP contribution in [-0.2, 0) is 32.9 Å². The van der Waals surface area contributed by atoms with Crippen molar-refractivity contribution >= 4 is 18.3 Å². The van der Waals surface area contributed by atoms with Gasteiger partial charge in [-0.15, -0.1) is 0 Å². The van der Waals surface area contributed by atoms with Crippen molar-refractivity contribution in [1.29, 1.82) is 0 Å². The van der Waals surface area contributed by atoms with Gasteiger partial charge in [-0.25, -0.2) is 14.0 Å². The van der Waals surface area contributed by atoms with Crippen molar-refractivity contribution in [2.45, 2.75) is 0 Å². The third-order valence-electron chi connectivity index (χ3n) is 2.38. The van der Waals surface area contributed by atoms with Gasteiger partial charge >= 0.3 is 21.1 Å². The van der Waals surface area contributed by atoms with Gasteiger partial charge in [0.2, 0.25) is 0 Å². The van der Waals surface area contributed by atoms with Gasteiger partial charge < -0.3 is 37.1 Å². The fourth-order valence-electron chi connectivity index (χ4n) is 1.45. The first kappa shape index (κ1) is 22.9. The molecule has 3 saturated heterocycles. The Kier molecular flexibility index (Phi) is 11.4.